The van der Waals surface area contributed by atoms with Gasteiger partial charge >= 0.3 is 0 Å². The Hall–Kier alpha value is -6.64. The zero-order valence-corrected chi connectivity index (χ0v) is 76.1. The molecule has 31 nitrogen and oxygen atoms in total. The van der Waals surface area contributed by atoms with E-state index in [1.807, 2.05) is 0 Å². The molecule has 0 heterocycles. The van der Waals surface area contributed by atoms with E-state index in [0.717, 1.165) is 257 Å². The number of unbranched alkanes of at least 4 members (excludes halogenated alkanes) is 37. The van der Waals surface area contributed by atoms with Gasteiger partial charge in [-0.05, 0) is 200 Å². The predicted molar refractivity (Wildman–Crippen MR) is 491 cm³/mol. The van der Waals surface area contributed by atoms with E-state index in [1.165, 1.54) is 25.7 Å². The monoisotopic (exact) mass is 1730 g/mol. The second kappa shape index (κ2) is 85.2. The molecule has 710 valence electrons. The molecule has 0 aliphatic heterocycles. The van der Waals surface area contributed by atoms with Crippen LogP contribution < -0.4 is 104 Å². The summed E-state index contributed by atoms with van der Waals surface area (Å²) in [5.41, 5.74) is 45.3. The van der Waals surface area contributed by atoms with E-state index in [0.29, 0.717) is 188 Å². The highest BCUT2D eigenvalue weighted by Gasteiger charge is 2.26. The maximum absolute atomic E-state index is 13.2. The number of nitrogens with two attached hydrogens (primary N) is 8. The number of amides is 12. The molecular weight excluding hydrogens is 1550 g/mol. The van der Waals surface area contributed by atoms with Crippen LogP contribution in [0.25, 0.3) is 0 Å². The van der Waals surface area contributed by atoms with Crippen molar-refractivity contribution in [2.75, 3.05) is 78.5 Å². The van der Waals surface area contributed by atoms with Crippen LogP contribution in [0.4, 0.5) is 0 Å². The molecule has 6 unspecified atom stereocenters. The average Bonchev–Trinajstić information content (AvgIpc) is 0.941. The predicted octanol–water partition coefficient (Wildman–Crippen LogP) is 8.47. The minimum atomic E-state index is -0.678. The fourth-order valence-electron chi connectivity index (χ4n) is 14.8. The first-order valence-corrected chi connectivity index (χ1v) is 48.6. The molecule has 12 amide bonds. The third kappa shape index (κ3) is 71.6. The van der Waals surface area contributed by atoms with Gasteiger partial charge in [0.25, 0.3) is 0 Å². The fraction of sp³-hybridized carbons (Fsp3) is 0.868. The summed E-state index contributed by atoms with van der Waals surface area (Å²) in [5.74, 6) is -2.26. The number of hydrogen-bond donors (Lipinski definition) is 19. The van der Waals surface area contributed by atoms with Crippen molar-refractivity contribution in [3.63, 3.8) is 0 Å². The van der Waals surface area contributed by atoms with Crippen molar-refractivity contribution in [3.05, 3.63) is 0 Å². The molecule has 0 aromatic heterocycles. The third-order valence-electron chi connectivity index (χ3n) is 22.4. The molecule has 122 heavy (non-hydrogen) atoms. The molecule has 0 aromatic carbocycles. The second-order valence-corrected chi connectivity index (χ2v) is 33.7. The second-order valence-electron chi connectivity index (χ2n) is 33.7. The molecule has 0 bridgehead atoms. The first-order chi connectivity index (χ1) is 59.3. The smallest absolute Gasteiger partial charge is 0.242 e. The summed E-state index contributed by atoms with van der Waals surface area (Å²) in [6.45, 7) is 5.97. The van der Waals surface area contributed by atoms with Crippen LogP contribution in [0, 0.1) is 0 Å². The first kappa shape index (κ1) is 115. The highest BCUT2D eigenvalue weighted by atomic mass is 16.2. The van der Waals surface area contributed by atoms with Crippen LogP contribution in [0.3, 0.4) is 0 Å². The van der Waals surface area contributed by atoms with Gasteiger partial charge < -0.3 is 104 Å². The van der Waals surface area contributed by atoms with Gasteiger partial charge in [0.15, 0.2) is 0 Å². The van der Waals surface area contributed by atoms with Crippen LogP contribution in [-0.4, -0.2) is 186 Å². The molecule has 0 radical (unpaired) electrons. The minimum absolute atomic E-state index is 0.0811. The molecule has 31 heteroatoms. The van der Waals surface area contributed by atoms with Crippen LogP contribution in [-0.2, 0) is 57.5 Å². The number of primary amides is 1. The van der Waals surface area contributed by atoms with Gasteiger partial charge in [-0.1, -0.05) is 199 Å². The van der Waals surface area contributed by atoms with Crippen LogP contribution in [0.15, 0.2) is 0 Å². The van der Waals surface area contributed by atoms with Gasteiger partial charge in [-0.3, -0.25) is 57.5 Å². The SMILES string of the molecule is NCCCCCCCCCCC(=O)NC(CCCN)C(=O)NCCCCCCCCCC(=O)NC(CCCN)C(=O)NCCCCCCCCCC(=O)NC(CCCN)C(=O)NCCCCCCCCCC(=O)NC(CCCN)C(=O)NCCCCCCCCCC(=O)NC(CCCN)C(=O)NCCCCCCCCCC(=O)NC(CCCN)C(N)=O. The zero-order chi connectivity index (χ0) is 89.8. The number of nitrogens with one attached hydrogen (secondary N) is 11. The van der Waals surface area contributed by atoms with Gasteiger partial charge in [0.1, 0.15) is 36.3 Å². The maximum Gasteiger partial charge on any atom is 0.242 e. The molecular formula is C91H179N19O12. The maximum atomic E-state index is 13.2. The molecule has 6 atom stereocenters. The molecule has 0 aliphatic carbocycles. The number of carbonyl (C=O) groups excluding carboxylic acids is 12. The lowest BCUT2D eigenvalue weighted by Crippen LogP contribution is -2.47. The summed E-state index contributed by atoms with van der Waals surface area (Å²) in [7, 11) is 0. The molecule has 0 spiro atoms. The standard InChI is InChI=1S/C91H179N19O12/c92-62-38-26-14-2-1-8-20-33-57-81(112)106-75(51-45-64-94)87(118)101-70-40-28-16-4-10-22-35-59-83(114)108-77(53-47-66-96)89(120)103-72-42-30-18-6-12-24-37-61-85(116)110-79(55-49-68-98)91(122)104-73-43-31-19-7-13-25-36-60-84(115)109-78(54-48-67-97)90(121)102-71-41-29-17-5-11-23-34-58-82(113)107-76(52-46-65-95)88(119)100-69-39-27-15-3-9-21-32-56-80(111)105-74(86(99)117)50-44-63-93/h74-79H,1-73,92-98H2,(H2,99,117)(H,100,119)(H,101,118)(H,102,121)(H,103,120)(H,104,122)(H,105,111)(H,106,112)(H,107,113)(H,108,114)(H,109,115)(H,110,116). The van der Waals surface area contributed by atoms with Crippen LogP contribution >= 0.6 is 0 Å². The lowest BCUT2D eigenvalue weighted by atomic mass is 10.1. The van der Waals surface area contributed by atoms with Gasteiger partial charge in [-0.15, -0.1) is 0 Å². The topological polar surface area (TPSA) is 545 Å². The third-order valence-corrected chi connectivity index (χ3v) is 22.4. The van der Waals surface area contributed by atoms with Gasteiger partial charge in [0.2, 0.25) is 70.9 Å². The van der Waals surface area contributed by atoms with Gasteiger partial charge in [0, 0.05) is 71.2 Å². The largest absolute Gasteiger partial charge is 0.368 e. The van der Waals surface area contributed by atoms with E-state index >= 15 is 0 Å². The van der Waals surface area contributed by atoms with E-state index in [4.69, 9.17) is 45.9 Å². The molecule has 0 aliphatic rings. The lowest BCUT2D eigenvalue weighted by molar-refractivity contribution is -0.129. The zero-order valence-electron chi connectivity index (χ0n) is 76.1. The first-order valence-electron chi connectivity index (χ1n) is 48.6. The number of hydrogen-bond acceptors (Lipinski definition) is 19. The van der Waals surface area contributed by atoms with Crippen molar-refractivity contribution in [3.8, 4) is 0 Å². The quantitative estimate of drug-likeness (QED) is 0.0254. The lowest BCUT2D eigenvalue weighted by Gasteiger charge is -2.18. The summed E-state index contributed by atoms with van der Waals surface area (Å²) < 4.78 is 0. The van der Waals surface area contributed by atoms with Crippen LogP contribution in [0.1, 0.15) is 392 Å². The van der Waals surface area contributed by atoms with E-state index in [9.17, 15) is 57.5 Å². The van der Waals surface area contributed by atoms with Crippen molar-refractivity contribution in [1.82, 2.24) is 58.5 Å². The van der Waals surface area contributed by atoms with Crippen LogP contribution in [0.2, 0.25) is 0 Å². The summed E-state index contributed by atoms with van der Waals surface area (Å²) in [6, 6.07) is -3.75. The van der Waals surface area contributed by atoms with Crippen molar-refractivity contribution < 1.29 is 57.5 Å². The Labute approximate surface area is 735 Å². The Kier molecular flexibility index (Phi) is 80.5. The van der Waals surface area contributed by atoms with E-state index in [1.54, 1.807) is 0 Å². The highest BCUT2D eigenvalue weighted by molar-refractivity contribution is 5.90. The normalized spacial score (nSPS) is 12.7. The van der Waals surface area contributed by atoms with Crippen LogP contribution in [0.5, 0.6) is 0 Å². The Balaban J connectivity index is 4.28. The molecule has 0 saturated heterocycles. The van der Waals surface area contributed by atoms with E-state index in [2.05, 4.69) is 58.5 Å². The summed E-state index contributed by atoms with van der Waals surface area (Å²) in [6.07, 6.45) is 49.7. The Morgan fingerprint density at radius 3 is 0.451 bits per heavy atom. The summed E-state index contributed by atoms with van der Waals surface area (Å²) in [5, 5.41) is 32.4. The number of carbonyl (C=O) groups is 12. The summed E-state index contributed by atoms with van der Waals surface area (Å²) >= 11 is 0. The minimum Gasteiger partial charge on any atom is -0.368 e. The Morgan fingerprint density at radius 2 is 0.295 bits per heavy atom. The van der Waals surface area contributed by atoms with Crippen molar-refractivity contribution in [2.45, 2.75) is 428 Å². The Morgan fingerprint density at radius 1 is 0.164 bits per heavy atom. The molecule has 0 fully saturated rings. The molecule has 27 N–H and O–H groups in total. The summed E-state index contributed by atoms with van der Waals surface area (Å²) in [4.78, 5) is 154. The van der Waals surface area contributed by atoms with E-state index < -0.39 is 42.2 Å². The Bertz CT molecular complexity index is 2670. The fourth-order valence-corrected chi connectivity index (χ4v) is 14.8. The van der Waals surface area contributed by atoms with Gasteiger partial charge in [-0.25, -0.2) is 0 Å². The highest BCUT2D eigenvalue weighted by Crippen LogP contribution is 2.17. The van der Waals surface area contributed by atoms with Gasteiger partial charge in [0.05, 0.1) is 0 Å². The van der Waals surface area contributed by atoms with Crippen molar-refractivity contribution in [2.24, 2.45) is 45.9 Å². The average molecular weight is 1730 g/mol. The van der Waals surface area contributed by atoms with E-state index in [-0.39, 0.29) is 65.0 Å². The number of rotatable bonds is 90. The molecule has 0 aromatic rings. The van der Waals surface area contributed by atoms with Gasteiger partial charge in [-0.2, -0.15) is 0 Å². The van der Waals surface area contributed by atoms with Crippen molar-refractivity contribution in [1.29, 1.82) is 0 Å². The van der Waals surface area contributed by atoms with Crippen molar-refractivity contribution >= 4 is 70.9 Å². The molecule has 0 rings (SSSR count). The molecule has 0 saturated carbocycles.